The molecule has 1 fully saturated rings. The maximum absolute atomic E-state index is 5.76. The minimum absolute atomic E-state index is 0.223. The van der Waals surface area contributed by atoms with Gasteiger partial charge >= 0.3 is 12.0 Å². The molecule has 0 aliphatic heterocycles. The number of methoxy groups -OCH3 is 1. The van der Waals surface area contributed by atoms with Crippen molar-refractivity contribution in [2.45, 2.75) is 38.2 Å². The van der Waals surface area contributed by atoms with Gasteiger partial charge in [0.2, 0.25) is 5.95 Å². The summed E-state index contributed by atoms with van der Waals surface area (Å²) >= 11 is 0. The van der Waals surface area contributed by atoms with Crippen LogP contribution in [0.1, 0.15) is 32.1 Å². The van der Waals surface area contributed by atoms with Crippen molar-refractivity contribution in [1.82, 2.24) is 15.0 Å². The standard InChI is InChI=1S/C11H18N4O2/c1-12-9-13-10(16-2)15-11(14-9)17-8-6-4-3-5-7-8/h8H,3-7H2,1-2H3,(H,12,13,14,15). The second-order valence-electron chi connectivity index (χ2n) is 4.06. The van der Waals surface area contributed by atoms with E-state index < -0.39 is 0 Å². The molecule has 17 heavy (non-hydrogen) atoms. The molecule has 0 radical (unpaired) electrons. The van der Waals surface area contributed by atoms with E-state index in [1.165, 1.54) is 26.4 Å². The van der Waals surface area contributed by atoms with E-state index in [2.05, 4.69) is 20.3 Å². The van der Waals surface area contributed by atoms with E-state index in [4.69, 9.17) is 9.47 Å². The Labute approximate surface area is 101 Å². The van der Waals surface area contributed by atoms with E-state index in [0.717, 1.165) is 12.8 Å². The van der Waals surface area contributed by atoms with Gasteiger partial charge in [-0.3, -0.25) is 0 Å². The van der Waals surface area contributed by atoms with Gasteiger partial charge in [-0.2, -0.15) is 9.97 Å². The first-order valence-corrected chi connectivity index (χ1v) is 5.96. The van der Waals surface area contributed by atoms with Gasteiger partial charge in [-0.15, -0.1) is 4.98 Å². The fraction of sp³-hybridized carbons (Fsp3) is 0.727. The Bertz CT molecular complexity index is 344. The van der Waals surface area contributed by atoms with Crippen LogP contribution in [0.25, 0.3) is 0 Å². The topological polar surface area (TPSA) is 69.2 Å². The molecule has 0 bridgehead atoms. The molecule has 0 unspecified atom stereocenters. The summed E-state index contributed by atoms with van der Waals surface area (Å²) in [6.45, 7) is 0. The Morgan fingerprint density at radius 3 is 2.41 bits per heavy atom. The summed E-state index contributed by atoms with van der Waals surface area (Å²) in [4.78, 5) is 12.3. The average Bonchev–Trinajstić information content (AvgIpc) is 2.39. The van der Waals surface area contributed by atoms with Crippen LogP contribution in [0.3, 0.4) is 0 Å². The molecule has 0 amide bonds. The third kappa shape index (κ3) is 3.18. The number of ether oxygens (including phenoxy) is 2. The van der Waals surface area contributed by atoms with Crippen molar-refractivity contribution in [3.63, 3.8) is 0 Å². The van der Waals surface area contributed by atoms with Gasteiger partial charge in [0.1, 0.15) is 6.10 Å². The number of nitrogens with one attached hydrogen (secondary N) is 1. The summed E-state index contributed by atoms with van der Waals surface area (Å²) in [6.07, 6.45) is 6.09. The molecular formula is C11H18N4O2. The first-order valence-electron chi connectivity index (χ1n) is 5.96. The number of nitrogens with zero attached hydrogens (tertiary/aromatic N) is 3. The number of rotatable bonds is 4. The van der Waals surface area contributed by atoms with Crippen LogP contribution in [0, 0.1) is 0 Å². The predicted octanol–water partition coefficient (Wildman–Crippen LogP) is 1.63. The van der Waals surface area contributed by atoms with Crippen molar-refractivity contribution in [2.75, 3.05) is 19.5 Å². The van der Waals surface area contributed by atoms with Crippen LogP contribution in [0.15, 0.2) is 0 Å². The third-order valence-electron chi connectivity index (χ3n) is 2.82. The van der Waals surface area contributed by atoms with Crippen molar-refractivity contribution >= 4 is 5.95 Å². The Hall–Kier alpha value is -1.59. The van der Waals surface area contributed by atoms with Gasteiger partial charge in [-0.25, -0.2) is 0 Å². The lowest BCUT2D eigenvalue weighted by molar-refractivity contribution is 0.140. The fourth-order valence-electron chi connectivity index (χ4n) is 1.93. The van der Waals surface area contributed by atoms with Crippen LogP contribution in [0.4, 0.5) is 5.95 Å². The highest BCUT2D eigenvalue weighted by Gasteiger charge is 2.17. The predicted molar refractivity (Wildman–Crippen MR) is 63.4 cm³/mol. The van der Waals surface area contributed by atoms with Crippen LogP contribution in [0.5, 0.6) is 12.0 Å². The Morgan fingerprint density at radius 1 is 1.06 bits per heavy atom. The molecule has 1 aromatic rings. The summed E-state index contributed by atoms with van der Waals surface area (Å²) in [5.41, 5.74) is 0. The molecule has 0 saturated heterocycles. The summed E-state index contributed by atoms with van der Waals surface area (Å²) < 4.78 is 10.8. The summed E-state index contributed by atoms with van der Waals surface area (Å²) in [6, 6.07) is 0.614. The zero-order chi connectivity index (χ0) is 12.1. The molecule has 1 N–H and O–H groups in total. The average molecular weight is 238 g/mol. The van der Waals surface area contributed by atoms with Crippen LogP contribution in [-0.2, 0) is 0 Å². The lowest BCUT2D eigenvalue weighted by Gasteiger charge is -2.21. The van der Waals surface area contributed by atoms with Gasteiger partial charge < -0.3 is 14.8 Å². The summed E-state index contributed by atoms with van der Waals surface area (Å²) in [5.74, 6) is 0.461. The molecule has 6 heteroatoms. The van der Waals surface area contributed by atoms with Crippen molar-refractivity contribution in [1.29, 1.82) is 0 Å². The van der Waals surface area contributed by atoms with E-state index in [-0.39, 0.29) is 12.1 Å². The molecule has 1 aromatic heterocycles. The zero-order valence-electron chi connectivity index (χ0n) is 10.3. The van der Waals surface area contributed by atoms with Crippen molar-refractivity contribution in [3.8, 4) is 12.0 Å². The second kappa shape index (κ2) is 5.65. The molecule has 1 heterocycles. The third-order valence-corrected chi connectivity index (χ3v) is 2.82. The minimum atomic E-state index is 0.223. The van der Waals surface area contributed by atoms with Gasteiger partial charge in [0, 0.05) is 7.05 Å². The number of hydrogen-bond acceptors (Lipinski definition) is 6. The Kier molecular flexibility index (Phi) is 3.95. The number of hydrogen-bond donors (Lipinski definition) is 1. The Morgan fingerprint density at radius 2 is 1.76 bits per heavy atom. The van der Waals surface area contributed by atoms with Gasteiger partial charge in [0.15, 0.2) is 0 Å². The van der Waals surface area contributed by atoms with E-state index in [1.54, 1.807) is 7.05 Å². The molecule has 0 atom stereocenters. The molecule has 6 nitrogen and oxygen atoms in total. The normalized spacial score (nSPS) is 16.6. The second-order valence-corrected chi connectivity index (χ2v) is 4.06. The minimum Gasteiger partial charge on any atom is -0.467 e. The van der Waals surface area contributed by atoms with Gasteiger partial charge in [0.25, 0.3) is 0 Å². The van der Waals surface area contributed by atoms with Crippen molar-refractivity contribution < 1.29 is 9.47 Å². The van der Waals surface area contributed by atoms with Gasteiger partial charge in [-0.1, -0.05) is 6.42 Å². The van der Waals surface area contributed by atoms with E-state index in [9.17, 15) is 0 Å². The maximum atomic E-state index is 5.76. The number of aromatic nitrogens is 3. The lowest BCUT2D eigenvalue weighted by atomic mass is 9.98. The highest BCUT2D eigenvalue weighted by molar-refractivity contribution is 5.26. The quantitative estimate of drug-likeness (QED) is 0.859. The number of anilines is 1. The summed E-state index contributed by atoms with van der Waals surface area (Å²) in [5, 5.41) is 2.86. The van der Waals surface area contributed by atoms with Crippen molar-refractivity contribution in [2.24, 2.45) is 0 Å². The van der Waals surface area contributed by atoms with Gasteiger partial charge in [-0.05, 0) is 25.7 Å². The van der Waals surface area contributed by atoms with Crippen LogP contribution >= 0.6 is 0 Å². The molecule has 94 valence electrons. The maximum Gasteiger partial charge on any atom is 0.324 e. The largest absolute Gasteiger partial charge is 0.467 e. The highest BCUT2D eigenvalue weighted by atomic mass is 16.5. The van der Waals surface area contributed by atoms with Gasteiger partial charge in [0.05, 0.1) is 7.11 Å². The highest BCUT2D eigenvalue weighted by Crippen LogP contribution is 2.22. The Balaban J connectivity index is 2.07. The zero-order valence-corrected chi connectivity index (χ0v) is 10.3. The lowest BCUT2D eigenvalue weighted by Crippen LogP contribution is -2.21. The van der Waals surface area contributed by atoms with Crippen LogP contribution < -0.4 is 14.8 Å². The van der Waals surface area contributed by atoms with Crippen LogP contribution in [-0.4, -0.2) is 35.2 Å². The summed E-state index contributed by atoms with van der Waals surface area (Å²) in [7, 11) is 3.28. The van der Waals surface area contributed by atoms with E-state index in [0.29, 0.717) is 12.0 Å². The molecule has 1 aliphatic carbocycles. The SMILES string of the molecule is CNc1nc(OC)nc(OC2CCCCC2)n1. The smallest absolute Gasteiger partial charge is 0.324 e. The van der Waals surface area contributed by atoms with Crippen molar-refractivity contribution in [3.05, 3.63) is 0 Å². The molecule has 1 aliphatic rings. The monoisotopic (exact) mass is 238 g/mol. The van der Waals surface area contributed by atoms with Crippen LogP contribution in [0.2, 0.25) is 0 Å². The molecule has 0 spiro atoms. The molecule has 1 saturated carbocycles. The molecule has 2 rings (SSSR count). The first kappa shape index (κ1) is 11.9. The first-order chi connectivity index (χ1) is 8.31. The molecule has 0 aromatic carbocycles. The molecular weight excluding hydrogens is 220 g/mol. The fourth-order valence-corrected chi connectivity index (χ4v) is 1.93. The van der Waals surface area contributed by atoms with E-state index >= 15 is 0 Å². The van der Waals surface area contributed by atoms with E-state index in [1.807, 2.05) is 0 Å².